The summed E-state index contributed by atoms with van der Waals surface area (Å²) in [5, 5.41) is 21.4. The maximum Gasteiger partial charge on any atom is 0.416 e. The smallest absolute Gasteiger partial charge is 0.416 e. The molecule has 2 heterocycles. The van der Waals surface area contributed by atoms with Crippen molar-refractivity contribution in [3.8, 4) is 17.0 Å². The van der Waals surface area contributed by atoms with Gasteiger partial charge >= 0.3 is 12.1 Å². The molecule has 1 amide bonds. The van der Waals surface area contributed by atoms with Crippen LogP contribution in [0, 0.1) is 13.8 Å². The molecule has 0 radical (unpaired) electrons. The third-order valence-electron chi connectivity index (χ3n) is 4.98. The van der Waals surface area contributed by atoms with Gasteiger partial charge in [-0.05, 0) is 56.0 Å². The number of phenols is 1. The number of carbonyl (C=O) groups is 1. The fraction of sp³-hybridized carbons (Fsp3) is 0.421. The molecule has 1 aliphatic heterocycles. The fourth-order valence-corrected chi connectivity index (χ4v) is 3.44. The first-order chi connectivity index (χ1) is 13.1. The van der Waals surface area contributed by atoms with E-state index in [0.29, 0.717) is 23.9 Å². The minimum absolute atomic E-state index is 0. The van der Waals surface area contributed by atoms with Crippen molar-refractivity contribution in [3.05, 3.63) is 34.9 Å². The minimum atomic E-state index is -4.54. The lowest BCUT2D eigenvalue weighted by Gasteiger charge is -2.25. The van der Waals surface area contributed by atoms with Gasteiger partial charge in [-0.1, -0.05) is 0 Å². The zero-order valence-corrected chi connectivity index (χ0v) is 16.3. The molecule has 0 saturated carbocycles. The molecule has 0 aliphatic carbocycles. The summed E-state index contributed by atoms with van der Waals surface area (Å²) in [7, 11) is 1.83. The van der Waals surface area contributed by atoms with Gasteiger partial charge in [0, 0.05) is 5.56 Å². The molecule has 4 N–H and O–H groups in total. The second kappa shape index (κ2) is 8.34. The van der Waals surface area contributed by atoms with Crippen molar-refractivity contribution >= 4 is 11.7 Å². The molecule has 1 aliphatic rings. The maximum absolute atomic E-state index is 12.9. The van der Waals surface area contributed by atoms with Crippen LogP contribution >= 0.6 is 0 Å². The number of aromatic nitrogens is 2. The van der Waals surface area contributed by atoms with E-state index in [1.807, 2.05) is 7.05 Å². The summed E-state index contributed by atoms with van der Waals surface area (Å²) in [4.78, 5) is 13.1. The monoisotopic (exact) mass is 412 g/mol. The number of amides is 1. The van der Waals surface area contributed by atoms with Crippen LogP contribution in [0.25, 0.3) is 11.3 Å². The van der Waals surface area contributed by atoms with Crippen LogP contribution in [0.2, 0.25) is 0 Å². The molecule has 0 spiro atoms. The van der Waals surface area contributed by atoms with Crippen molar-refractivity contribution in [2.24, 2.45) is 0 Å². The van der Waals surface area contributed by atoms with E-state index in [2.05, 4.69) is 15.5 Å². The normalized spacial score (nSPS) is 19.6. The molecule has 2 atom stereocenters. The van der Waals surface area contributed by atoms with Gasteiger partial charge in [0.05, 0.1) is 24.8 Å². The second-order valence-corrected chi connectivity index (χ2v) is 7.18. The molecule has 7 nitrogen and oxygen atoms in total. The molecule has 158 valence electrons. The first kappa shape index (κ1) is 22.6. The predicted molar refractivity (Wildman–Crippen MR) is 99.0 cm³/mol. The van der Waals surface area contributed by atoms with Gasteiger partial charge in [-0.15, -0.1) is 10.2 Å². The Morgan fingerprint density at radius 3 is 2.45 bits per heavy atom. The summed E-state index contributed by atoms with van der Waals surface area (Å²) in [5.74, 6) is 0.00280. The van der Waals surface area contributed by atoms with Crippen LogP contribution in [0.5, 0.6) is 5.75 Å². The fourth-order valence-electron chi connectivity index (χ4n) is 3.44. The van der Waals surface area contributed by atoms with Gasteiger partial charge in [0.25, 0.3) is 0 Å². The topological polar surface area (TPSA) is 110 Å². The van der Waals surface area contributed by atoms with Crippen molar-refractivity contribution in [2.45, 2.75) is 38.9 Å². The molecule has 3 rings (SSSR count). The highest BCUT2D eigenvalue weighted by molar-refractivity contribution is 5.78. The number of piperidine rings is 1. The number of phenolic OH excluding ortho intramolecular Hbond substituents is 1. The number of nitrogens with zero attached hydrogens (tertiary/aromatic N) is 2. The van der Waals surface area contributed by atoms with E-state index < -0.39 is 17.5 Å². The minimum Gasteiger partial charge on any atom is -0.870 e. The van der Waals surface area contributed by atoms with Crippen LogP contribution in [0.1, 0.15) is 29.5 Å². The highest BCUT2D eigenvalue weighted by atomic mass is 19.4. The number of carbonyl (C=O) groups excluding carboxylic acids is 1. The average molecular weight is 412 g/mol. The number of aromatic hydroxyl groups is 1. The van der Waals surface area contributed by atoms with Gasteiger partial charge in [0.15, 0.2) is 5.82 Å². The summed E-state index contributed by atoms with van der Waals surface area (Å²) < 4.78 is 38.7. The molecular weight excluding hydrogens is 389 g/mol. The van der Waals surface area contributed by atoms with Crippen LogP contribution in [0.4, 0.5) is 19.0 Å². The lowest BCUT2D eigenvalue weighted by atomic mass is 9.99. The molecule has 1 fully saturated rings. The summed E-state index contributed by atoms with van der Waals surface area (Å²) in [6, 6.07) is 2.94. The van der Waals surface area contributed by atoms with Crippen molar-refractivity contribution in [1.29, 1.82) is 0 Å². The van der Waals surface area contributed by atoms with Gasteiger partial charge < -0.3 is 15.9 Å². The average Bonchev–Trinajstić information content (AvgIpc) is 2.59. The molecule has 0 bridgehead atoms. The Labute approximate surface area is 165 Å². The third kappa shape index (κ3) is 4.65. The summed E-state index contributed by atoms with van der Waals surface area (Å²) in [6.07, 6.45) is -2.92. The summed E-state index contributed by atoms with van der Waals surface area (Å²) >= 11 is 0. The van der Waals surface area contributed by atoms with E-state index in [1.54, 1.807) is 13.0 Å². The number of likely N-dealkylation sites (tertiary alicyclic amines) is 1. The van der Waals surface area contributed by atoms with Crippen molar-refractivity contribution < 1.29 is 33.4 Å². The Bertz CT molecular complexity index is 895. The SMILES string of the molecule is Cc1cc(-c2c(C)cc(C(F)(F)F)cc2O)nnc1N[C@@H]1CCC[NH+](C)C1=O.[OH-]. The number of anilines is 1. The van der Waals surface area contributed by atoms with E-state index in [4.69, 9.17) is 0 Å². The van der Waals surface area contributed by atoms with Gasteiger partial charge in [-0.2, -0.15) is 13.2 Å². The number of alkyl halides is 3. The molecule has 1 aromatic carbocycles. The van der Waals surface area contributed by atoms with E-state index in [0.717, 1.165) is 23.9 Å². The Morgan fingerprint density at radius 2 is 1.86 bits per heavy atom. The number of hydrogen-bond acceptors (Lipinski definition) is 6. The third-order valence-corrected chi connectivity index (χ3v) is 4.98. The van der Waals surface area contributed by atoms with E-state index in [9.17, 15) is 23.1 Å². The molecule has 1 aromatic heterocycles. The number of quaternary nitrogens is 1. The number of likely N-dealkylation sites (N-methyl/N-ethyl adjacent to an activating group) is 1. The van der Waals surface area contributed by atoms with Crippen LogP contribution in [0.15, 0.2) is 18.2 Å². The molecule has 10 heteroatoms. The van der Waals surface area contributed by atoms with Gasteiger partial charge in [0.1, 0.15) is 11.8 Å². The standard InChI is InChI=1S/C19H21F3N4O2.H2O/c1-10-7-12(19(20,21)22)9-15(27)16(10)14-8-11(2)17(25-24-14)23-13-5-4-6-26(3)18(13)28;/h7-9,13,27H,4-6H2,1-3H3,(H,23,25);1H2/t13-;/m1./s1. The lowest BCUT2D eigenvalue weighted by Crippen LogP contribution is -3.14. The van der Waals surface area contributed by atoms with E-state index >= 15 is 0 Å². The first-order valence-electron chi connectivity index (χ1n) is 8.96. The largest absolute Gasteiger partial charge is 0.870 e. The highest BCUT2D eigenvalue weighted by Gasteiger charge is 2.33. The number of rotatable bonds is 3. The number of halogens is 3. The highest BCUT2D eigenvalue weighted by Crippen LogP contribution is 2.38. The van der Waals surface area contributed by atoms with Crippen LogP contribution in [-0.2, 0) is 11.0 Å². The van der Waals surface area contributed by atoms with Crippen LogP contribution in [-0.4, -0.2) is 46.3 Å². The van der Waals surface area contributed by atoms with Crippen molar-refractivity contribution in [3.63, 3.8) is 0 Å². The molecule has 1 saturated heterocycles. The zero-order valence-electron chi connectivity index (χ0n) is 16.3. The van der Waals surface area contributed by atoms with E-state index in [1.165, 1.54) is 6.92 Å². The van der Waals surface area contributed by atoms with E-state index in [-0.39, 0.29) is 34.2 Å². The predicted octanol–water partition coefficient (Wildman–Crippen LogP) is 1.92. The molecule has 1 unspecified atom stereocenters. The summed E-state index contributed by atoms with van der Waals surface area (Å²) in [5.41, 5.74) is 0.475. The quantitative estimate of drug-likeness (QED) is 0.711. The number of hydrogen-bond donors (Lipinski definition) is 3. The molecule has 29 heavy (non-hydrogen) atoms. The number of benzene rings is 1. The number of nitrogens with one attached hydrogen (secondary N) is 2. The molecular formula is C19H23F3N4O3. The Kier molecular flexibility index (Phi) is 6.49. The van der Waals surface area contributed by atoms with Gasteiger partial charge in [0.2, 0.25) is 0 Å². The summed E-state index contributed by atoms with van der Waals surface area (Å²) in [6.45, 7) is 4.04. The van der Waals surface area contributed by atoms with Crippen molar-refractivity contribution in [2.75, 3.05) is 18.9 Å². The van der Waals surface area contributed by atoms with Crippen LogP contribution < -0.4 is 10.2 Å². The zero-order chi connectivity index (χ0) is 20.6. The Balaban J connectivity index is 0.00000300. The second-order valence-electron chi connectivity index (χ2n) is 7.18. The molecule has 2 aromatic rings. The Hall–Kier alpha value is -2.72. The Morgan fingerprint density at radius 1 is 1.17 bits per heavy atom. The van der Waals surface area contributed by atoms with Gasteiger partial charge in [-0.3, -0.25) is 4.90 Å². The maximum atomic E-state index is 12.9. The first-order valence-corrected chi connectivity index (χ1v) is 8.96. The van der Waals surface area contributed by atoms with Gasteiger partial charge in [-0.25, -0.2) is 4.79 Å². The number of aryl methyl sites for hydroxylation is 2. The van der Waals surface area contributed by atoms with Crippen LogP contribution in [0.3, 0.4) is 0 Å². The van der Waals surface area contributed by atoms with Crippen molar-refractivity contribution in [1.82, 2.24) is 10.2 Å². The lowest BCUT2D eigenvalue weighted by molar-refractivity contribution is -0.802.